The standard InChI is InChI=1S/C15H28O4/c1-10-12-15(9-16-12,19-14(5,6)7)11(18-10)8-17-13(2,3)4/h10-12H,8-9H2,1-7H3/t10-,11+,12-,15?/m0/s1. The second kappa shape index (κ2) is 4.69. The summed E-state index contributed by atoms with van der Waals surface area (Å²) in [4.78, 5) is 0. The lowest BCUT2D eigenvalue weighted by molar-refractivity contribution is -0.292. The minimum atomic E-state index is -0.344. The van der Waals surface area contributed by atoms with Gasteiger partial charge in [-0.05, 0) is 48.5 Å². The van der Waals surface area contributed by atoms with E-state index in [4.69, 9.17) is 18.9 Å². The summed E-state index contributed by atoms with van der Waals surface area (Å²) in [6.07, 6.45) is 0.0321. The van der Waals surface area contributed by atoms with E-state index < -0.39 is 0 Å². The van der Waals surface area contributed by atoms with Crippen LogP contribution < -0.4 is 0 Å². The van der Waals surface area contributed by atoms with Crippen LogP contribution in [0, 0.1) is 0 Å². The Balaban J connectivity index is 2.09. The van der Waals surface area contributed by atoms with Crippen molar-refractivity contribution in [2.45, 2.75) is 83.6 Å². The van der Waals surface area contributed by atoms with E-state index in [0.717, 1.165) is 0 Å². The van der Waals surface area contributed by atoms with Crippen LogP contribution in [0.5, 0.6) is 0 Å². The van der Waals surface area contributed by atoms with E-state index in [1.54, 1.807) is 0 Å². The topological polar surface area (TPSA) is 36.9 Å². The van der Waals surface area contributed by atoms with Crippen molar-refractivity contribution >= 4 is 0 Å². The van der Waals surface area contributed by atoms with Gasteiger partial charge in [0, 0.05) is 0 Å². The molecule has 2 fully saturated rings. The van der Waals surface area contributed by atoms with Gasteiger partial charge in [-0.25, -0.2) is 0 Å². The number of hydrogen-bond acceptors (Lipinski definition) is 4. The first-order valence-electron chi connectivity index (χ1n) is 7.15. The lowest BCUT2D eigenvalue weighted by Crippen LogP contribution is -2.66. The van der Waals surface area contributed by atoms with Crippen molar-refractivity contribution in [1.29, 1.82) is 0 Å². The Hall–Kier alpha value is -0.160. The summed E-state index contributed by atoms with van der Waals surface area (Å²) in [5, 5.41) is 0. The van der Waals surface area contributed by atoms with Crippen LogP contribution >= 0.6 is 0 Å². The predicted molar refractivity (Wildman–Crippen MR) is 73.3 cm³/mol. The van der Waals surface area contributed by atoms with Crippen LogP contribution in [-0.2, 0) is 18.9 Å². The molecule has 112 valence electrons. The van der Waals surface area contributed by atoms with Gasteiger partial charge in [0.25, 0.3) is 0 Å². The molecule has 19 heavy (non-hydrogen) atoms. The maximum atomic E-state index is 6.30. The molecule has 4 heteroatoms. The molecule has 0 saturated carbocycles. The third-order valence-corrected chi connectivity index (χ3v) is 3.48. The van der Waals surface area contributed by atoms with Crippen molar-refractivity contribution in [3.05, 3.63) is 0 Å². The Labute approximate surface area is 116 Å². The van der Waals surface area contributed by atoms with E-state index in [0.29, 0.717) is 13.2 Å². The van der Waals surface area contributed by atoms with Crippen LogP contribution in [0.15, 0.2) is 0 Å². The Morgan fingerprint density at radius 2 is 1.74 bits per heavy atom. The minimum Gasteiger partial charge on any atom is -0.373 e. The fourth-order valence-electron chi connectivity index (χ4n) is 2.83. The zero-order valence-electron chi connectivity index (χ0n) is 13.3. The molecule has 0 aliphatic carbocycles. The molecule has 2 saturated heterocycles. The molecule has 0 bridgehead atoms. The van der Waals surface area contributed by atoms with Gasteiger partial charge in [0.05, 0.1) is 30.5 Å². The lowest BCUT2D eigenvalue weighted by Gasteiger charge is -2.49. The fourth-order valence-corrected chi connectivity index (χ4v) is 2.83. The number of ether oxygens (including phenoxy) is 4. The van der Waals surface area contributed by atoms with Crippen molar-refractivity contribution in [3.63, 3.8) is 0 Å². The van der Waals surface area contributed by atoms with E-state index in [1.807, 2.05) is 6.92 Å². The molecule has 0 radical (unpaired) electrons. The van der Waals surface area contributed by atoms with E-state index in [1.165, 1.54) is 0 Å². The Bertz CT molecular complexity index is 328. The highest BCUT2D eigenvalue weighted by Crippen LogP contribution is 2.46. The molecular formula is C15H28O4. The molecule has 2 heterocycles. The largest absolute Gasteiger partial charge is 0.373 e. The lowest BCUT2D eigenvalue weighted by atomic mass is 9.85. The number of fused-ring (bicyclic) bond motifs is 1. The highest BCUT2D eigenvalue weighted by Gasteiger charge is 2.65. The summed E-state index contributed by atoms with van der Waals surface area (Å²) in [5.74, 6) is 0. The minimum absolute atomic E-state index is 0.0280. The van der Waals surface area contributed by atoms with Crippen LogP contribution in [0.1, 0.15) is 48.5 Å². The third-order valence-electron chi connectivity index (χ3n) is 3.48. The number of rotatable bonds is 3. The van der Waals surface area contributed by atoms with Gasteiger partial charge in [0.1, 0.15) is 17.8 Å². The van der Waals surface area contributed by atoms with Gasteiger partial charge in [-0.1, -0.05) is 0 Å². The van der Waals surface area contributed by atoms with Gasteiger partial charge in [0.2, 0.25) is 0 Å². The van der Waals surface area contributed by atoms with Crippen molar-refractivity contribution in [1.82, 2.24) is 0 Å². The highest BCUT2D eigenvalue weighted by atomic mass is 16.7. The van der Waals surface area contributed by atoms with Crippen molar-refractivity contribution in [2.75, 3.05) is 13.2 Å². The van der Waals surface area contributed by atoms with Gasteiger partial charge in [-0.15, -0.1) is 0 Å². The van der Waals surface area contributed by atoms with Gasteiger partial charge in [0.15, 0.2) is 0 Å². The van der Waals surface area contributed by atoms with Crippen LogP contribution in [-0.4, -0.2) is 48.3 Å². The Morgan fingerprint density at radius 1 is 1.11 bits per heavy atom. The predicted octanol–water partition coefficient (Wildman–Crippen LogP) is 2.54. The van der Waals surface area contributed by atoms with Crippen molar-refractivity contribution in [2.24, 2.45) is 0 Å². The second-order valence-electron chi connectivity index (χ2n) is 7.65. The van der Waals surface area contributed by atoms with Gasteiger partial charge < -0.3 is 18.9 Å². The third kappa shape index (κ3) is 3.13. The molecule has 0 aromatic rings. The molecule has 4 nitrogen and oxygen atoms in total. The molecule has 4 atom stereocenters. The van der Waals surface area contributed by atoms with E-state index in [9.17, 15) is 0 Å². The average Bonchev–Trinajstić information content (AvgIpc) is 2.31. The molecule has 1 unspecified atom stereocenters. The summed E-state index contributed by atoms with van der Waals surface area (Å²) in [5.41, 5.74) is -0.726. The molecule has 2 aliphatic heterocycles. The number of hydrogen-bond donors (Lipinski definition) is 0. The van der Waals surface area contributed by atoms with Crippen molar-refractivity contribution < 1.29 is 18.9 Å². The van der Waals surface area contributed by atoms with E-state index in [2.05, 4.69) is 41.5 Å². The average molecular weight is 272 g/mol. The van der Waals surface area contributed by atoms with Gasteiger partial charge in [-0.2, -0.15) is 0 Å². The maximum Gasteiger partial charge on any atom is 0.149 e. The maximum absolute atomic E-state index is 6.30. The smallest absolute Gasteiger partial charge is 0.149 e. The highest BCUT2D eigenvalue weighted by molar-refractivity contribution is 5.11. The Kier molecular flexibility index (Phi) is 3.76. The molecule has 0 aromatic carbocycles. The summed E-state index contributed by atoms with van der Waals surface area (Å²) in [7, 11) is 0. The summed E-state index contributed by atoms with van der Waals surface area (Å²) < 4.78 is 23.9. The molecule has 0 N–H and O–H groups in total. The molecule has 0 aromatic heterocycles. The van der Waals surface area contributed by atoms with Gasteiger partial charge in [-0.3, -0.25) is 0 Å². The van der Waals surface area contributed by atoms with Crippen LogP contribution in [0.4, 0.5) is 0 Å². The quantitative estimate of drug-likeness (QED) is 0.791. The first-order chi connectivity index (χ1) is 8.54. The first-order valence-corrected chi connectivity index (χ1v) is 7.15. The normalized spacial score (nSPS) is 39.0. The molecule has 2 aliphatic rings. The van der Waals surface area contributed by atoms with Gasteiger partial charge >= 0.3 is 0 Å². The molecule has 2 rings (SSSR count). The first kappa shape index (κ1) is 15.2. The van der Waals surface area contributed by atoms with E-state index in [-0.39, 0.29) is 35.1 Å². The second-order valence-corrected chi connectivity index (χ2v) is 7.65. The molecular weight excluding hydrogens is 244 g/mol. The van der Waals surface area contributed by atoms with Crippen LogP contribution in [0.2, 0.25) is 0 Å². The zero-order valence-corrected chi connectivity index (χ0v) is 13.3. The summed E-state index contributed by atoms with van der Waals surface area (Å²) >= 11 is 0. The van der Waals surface area contributed by atoms with Crippen LogP contribution in [0.25, 0.3) is 0 Å². The monoisotopic (exact) mass is 272 g/mol. The molecule has 0 amide bonds. The summed E-state index contributed by atoms with van der Waals surface area (Å²) in [6.45, 7) is 15.6. The van der Waals surface area contributed by atoms with Crippen molar-refractivity contribution in [3.8, 4) is 0 Å². The fraction of sp³-hybridized carbons (Fsp3) is 1.00. The zero-order chi connectivity index (χ0) is 14.5. The van der Waals surface area contributed by atoms with Crippen LogP contribution in [0.3, 0.4) is 0 Å². The SMILES string of the molecule is C[C@@H]1O[C@H](COC(C)(C)C)C2(OC(C)(C)C)CO[C@@H]12. The Morgan fingerprint density at radius 3 is 2.16 bits per heavy atom. The molecule has 0 spiro atoms. The summed E-state index contributed by atoms with van der Waals surface area (Å²) in [6, 6.07) is 0. The van der Waals surface area contributed by atoms with E-state index >= 15 is 0 Å².